The molecular formula is C10H12N2O3S. The molecule has 0 aliphatic rings. The van der Waals surface area contributed by atoms with Crippen LogP contribution in [0.1, 0.15) is 5.76 Å². The fraction of sp³-hybridized carbons (Fsp3) is 0.200. The lowest BCUT2D eigenvalue weighted by Gasteiger charge is -2.15. The van der Waals surface area contributed by atoms with E-state index in [0.717, 1.165) is 9.69 Å². The number of para-hydroxylation sites is 1. The Labute approximate surface area is 93.6 Å². The van der Waals surface area contributed by atoms with Crippen molar-refractivity contribution in [2.24, 2.45) is 5.14 Å². The molecule has 1 heterocycles. The summed E-state index contributed by atoms with van der Waals surface area (Å²) in [6.45, 7) is 1.71. The molecule has 16 heavy (non-hydrogen) atoms. The Hall–Kier alpha value is -1.53. The van der Waals surface area contributed by atoms with Gasteiger partial charge in [-0.15, -0.1) is 0 Å². The molecule has 6 heteroatoms. The molecule has 1 aromatic carbocycles. The van der Waals surface area contributed by atoms with E-state index in [-0.39, 0.29) is 0 Å². The van der Waals surface area contributed by atoms with E-state index in [1.807, 2.05) is 12.1 Å². The third kappa shape index (κ3) is 1.66. The number of anilines is 1. The lowest BCUT2D eigenvalue weighted by atomic mass is 10.2. The zero-order valence-corrected chi connectivity index (χ0v) is 9.78. The average Bonchev–Trinajstić information content (AvgIpc) is 2.51. The van der Waals surface area contributed by atoms with E-state index >= 15 is 0 Å². The Morgan fingerprint density at radius 2 is 1.94 bits per heavy atom. The van der Waals surface area contributed by atoms with Crippen molar-refractivity contribution in [3.05, 3.63) is 30.0 Å². The average molecular weight is 240 g/mol. The Bertz CT molecular complexity index is 631. The van der Waals surface area contributed by atoms with Gasteiger partial charge in [0.1, 0.15) is 17.0 Å². The SMILES string of the molecule is Cc1oc2ccccc2c1N(C)S(N)(=O)=O. The number of furan rings is 1. The van der Waals surface area contributed by atoms with Crippen LogP contribution in [-0.4, -0.2) is 15.5 Å². The summed E-state index contributed by atoms with van der Waals surface area (Å²) in [5.41, 5.74) is 1.13. The maximum Gasteiger partial charge on any atom is 0.298 e. The second-order valence-corrected chi connectivity index (χ2v) is 5.09. The van der Waals surface area contributed by atoms with Crippen LogP contribution >= 0.6 is 0 Å². The lowest BCUT2D eigenvalue weighted by Crippen LogP contribution is -2.33. The van der Waals surface area contributed by atoms with Gasteiger partial charge < -0.3 is 4.42 Å². The van der Waals surface area contributed by atoms with Crippen LogP contribution in [0.15, 0.2) is 28.7 Å². The van der Waals surface area contributed by atoms with Crippen molar-refractivity contribution in [1.29, 1.82) is 0 Å². The largest absolute Gasteiger partial charge is 0.459 e. The highest BCUT2D eigenvalue weighted by Crippen LogP contribution is 2.33. The van der Waals surface area contributed by atoms with Crippen molar-refractivity contribution in [3.63, 3.8) is 0 Å². The number of fused-ring (bicyclic) bond motifs is 1. The highest BCUT2D eigenvalue weighted by molar-refractivity contribution is 7.90. The molecule has 86 valence electrons. The Morgan fingerprint density at radius 3 is 2.56 bits per heavy atom. The number of aryl methyl sites for hydroxylation is 1. The number of nitrogens with zero attached hydrogens (tertiary/aromatic N) is 1. The summed E-state index contributed by atoms with van der Waals surface area (Å²) in [4.78, 5) is 0. The molecule has 0 bridgehead atoms. The van der Waals surface area contributed by atoms with Crippen molar-refractivity contribution in [1.82, 2.24) is 0 Å². The molecule has 0 aliphatic carbocycles. The van der Waals surface area contributed by atoms with Crippen LogP contribution in [0.5, 0.6) is 0 Å². The van der Waals surface area contributed by atoms with Gasteiger partial charge in [-0.25, -0.2) is 5.14 Å². The molecule has 0 radical (unpaired) electrons. The number of benzene rings is 1. The van der Waals surface area contributed by atoms with Crippen molar-refractivity contribution < 1.29 is 12.8 Å². The molecule has 2 N–H and O–H groups in total. The molecule has 5 nitrogen and oxygen atoms in total. The van der Waals surface area contributed by atoms with E-state index in [9.17, 15) is 8.42 Å². The fourth-order valence-electron chi connectivity index (χ4n) is 1.67. The third-order valence-corrected chi connectivity index (χ3v) is 3.38. The van der Waals surface area contributed by atoms with Gasteiger partial charge in [-0.1, -0.05) is 12.1 Å². The second kappa shape index (κ2) is 3.50. The first kappa shape index (κ1) is 11.0. The standard InChI is InChI=1S/C10H12N2O3S/c1-7-10(12(2)16(11,13)14)8-5-3-4-6-9(8)15-7/h3-6H,1-2H3,(H2,11,13,14). The summed E-state index contributed by atoms with van der Waals surface area (Å²) in [6, 6.07) is 7.22. The molecule has 0 spiro atoms. The van der Waals surface area contributed by atoms with Crippen molar-refractivity contribution in [3.8, 4) is 0 Å². The highest BCUT2D eigenvalue weighted by atomic mass is 32.2. The van der Waals surface area contributed by atoms with E-state index in [0.29, 0.717) is 17.0 Å². The molecule has 0 atom stereocenters. The molecule has 0 aliphatic heterocycles. The summed E-state index contributed by atoms with van der Waals surface area (Å²) in [6.07, 6.45) is 0. The summed E-state index contributed by atoms with van der Waals surface area (Å²) in [5.74, 6) is 0.526. The van der Waals surface area contributed by atoms with Gasteiger partial charge in [-0.05, 0) is 19.1 Å². The molecule has 2 rings (SSSR count). The van der Waals surface area contributed by atoms with Gasteiger partial charge in [-0.2, -0.15) is 8.42 Å². The number of rotatable bonds is 2. The third-order valence-electron chi connectivity index (χ3n) is 2.44. The molecule has 0 saturated carbocycles. The quantitative estimate of drug-likeness (QED) is 0.861. The monoisotopic (exact) mass is 240 g/mol. The summed E-state index contributed by atoms with van der Waals surface area (Å²) in [5, 5.41) is 5.82. The second-order valence-electron chi connectivity index (χ2n) is 3.52. The first-order valence-electron chi connectivity index (χ1n) is 4.66. The van der Waals surface area contributed by atoms with E-state index in [4.69, 9.17) is 9.56 Å². The number of hydrogen-bond donors (Lipinski definition) is 1. The van der Waals surface area contributed by atoms with E-state index in [1.54, 1.807) is 19.1 Å². The van der Waals surface area contributed by atoms with Crippen molar-refractivity contribution >= 4 is 26.9 Å². The van der Waals surface area contributed by atoms with Gasteiger partial charge in [0.25, 0.3) is 10.2 Å². The topological polar surface area (TPSA) is 76.5 Å². The molecule has 0 saturated heterocycles. The molecule has 0 amide bonds. The zero-order valence-electron chi connectivity index (χ0n) is 8.97. The van der Waals surface area contributed by atoms with E-state index in [2.05, 4.69) is 0 Å². The van der Waals surface area contributed by atoms with E-state index < -0.39 is 10.2 Å². The summed E-state index contributed by atoms with van der Waals surface area (Å²) >= 11 is 0. The first-order chi connectivity index (χ1) is 7.41. The molecular weight excluding hydrogens is 228 g/mol. The maximum absolute atomic E-state index is 11.3. The predicted octanol–water partition coefficient (Wildman–Crippen LogP) is 1.38. The normalized spacial score (nSPS) is 11.9. The van der Waals surface area contributed by atoms with Crippen LogP contribution in [0, 0.1) is 6.92 Å². The van der Waals surface area contributed by atoms with Gasteiger partial charge in [-0.3, -0.25) is 4.31 Å². The van der Waals surface area contributed by atoms with Crippen LogP contribution in [0.4, 0.5) is 5.69 Å². The van der Waals surface area contributed by atoms with Gasteiger partial charge >= 0.3 is 0 Å². The Kier molecular flexibility index (Phi) is 2.40. The van der Waals surface area contributed by atoms with E-state index in [1.165, 1.54) is 7.05 Å². The number of hydrogen-bond acceptors (Lipinski definition) is 3. The minimum absolute atomic E-state index is 0.484. The molecule has 0 unspecified atom stereocenters. The summed E-state index contributed by atoms with van der Waals surface area (Å²) < 4.78 is 29.1. The van der Waals surface area contributed by atoms with Crippen LogP contribution in [0.3, 0.4) is 0 Å². The minimum Gasteiger partial charge on any atom is -0.459 e. The first-order valence-corrected chi connectivity index (χ1v) is 6.16. The van der Waals surface area contributed by atoms with Crippen molar-refractivity contribution in [2.75, 3.05) is 11.4 Å². The van der Waals surface area contributed by atoms with Crippen molar-refractivity contribution in [2.45, 2.75) is 6.92 Å². The molecule has 2 aromatic rings. The van der Waals surface area contributed by atoms with Crippen LogP contribution < -0.4 is 9.44 Å². The van der Waals surface area contributed by atoms with Gasteiger partial charge in [0, 0.05) is 12.4 Å². The molecule has 0 fully saturated rings. The molecule has 1 aromatic heterocycles. The summed E-state index contributed by atoms with van der Waals surface area (Å²) in [7, 11) is -2.36. The Balaban J connectivity index is 2.73. The zero-order chi connectivity index (χ0) is 11.9. The predicted molar refractivity (Wildman–Crippen MR) is 62.5 cm³/mol. The number of nitrogens with two attached hydrogens (primary N) is 1. The minimum atomic E-state index is -3.77. The van der Waals surface area contributed by atoms with Gasteiger partial charge in [0.15, 0.2) is 0 Å². The smallest absolute Gasteiger partial charge is 0.298 e. The van der Waals surface area contributed by atoms with Crippen LogP contribution in [0.25, 0.3) is 11.0 Å². The Morgan fingerprint density at radius 1 is 1.31 bits per heavy atom. The van der Waals surface area contributed by atoms with Gasteiger partial charge in [0.2, 0.25) is 0 Å². The van der Waals surface area contributed by atoms with Gasteiger partial charge in [0.05, 0.1) is 0 Å². The fourth-order valence-corrected chi connectivity index (χ4v) is 2.15. The van der Waals surface area contributed by atoms with Crippen LogP contribution in [-0.2, 0) is 10.2 Å². The van der Waals surface area contributed by atoms with Crippen LogP contribution in [0.2, 0.25) is 0 Å². The highest BCUT2D eigenvalue weighted by Gasteiger charge is 2.20. The maximum atomic E-state index is 11.3. The lowest BCUT2D eigenvalue weighted by molar-refractivity contribution is 0.575.